The molecule has 0 aromatic carbocycles. The molecule has 3 heterocycles. The third-order valence-corrected chi connectivity index (χ3v) is 5.41. The van der Waals surface area contributed by atoms with Crippen LogP contribution in [-0.2, 0) is 5.60 Å². The number of halogens is 1. The molecule has 1 saturated heterocycles. The number of nitrogens with zero attached hydrogens (tertiary/aromatic N) is 3. The summed E-state index contributed by atoms with van der Waals surface area (Å²) in [5, 5.41) is 11.9. The molecule has 2 aromatic rings. The third-order valence-electron chi connectivity index (χ3n) is 5.20. The number of anilines is 1. The second-order valence-electron chi connectivity index (χ2n) is 6.74. The summed E-state index contributed by atoms with van der Waals surface area (Å²) in [6, 6.07) is 3.76. The summed E-state index contributed by atoms with van der Waals surface area (Å²) < 4.78 is 5.41. The molecule has 0 amide bonds. The van der Waals surface area contributed by atoms with Crippen LogP contribution in [0.2, 0.25) is 5.02 Å². The van der Waals surface area contributed by atoms with Gasteiger partial charge in [0.1, 0.15) is 5.75 Å². The van der Waals surface area contributed by atoms with Crippen LogP contribution in [0.5, 0.6) is 5.75 Å². The first-order valence-electron chi connectivity index (χ1n) is 8.51. The van der Waals surface area contributed by atoms with Crippen LogP contribution in [0.4, 0.5) is 5.69 Å². The van der Waals surface area contributed by atoms with E-state index in [0.29, 0.717) is 10.8 Å². The predicted molar refractivity (Wildman–Crippen MR) is 99.3 cm³/mol. The van der Waals surface area contributed by atoms with E-state index in [4.69, 9.17) is 16.3 Å². The maximum absolute atomic E-state index is 11.2. The number of aryl methyl sites for hydroxylation is 1. The van der Waals surface area contributed by atoms with E-state index in [2.05, 4.69) is 14.9 Å². The molecule has 2 aromatic heterocycles. The predicted octanol–water partition coefficient (Wildman–Crippen LogP) is 3.57. The number of rotatable bonds is 4. The lowest BCUT2D eigenvalue weighted by Gasteiger charge is -2.41. The van der Waals surface area contributed by atoms with E-state index >= 15 is 0 Å². The number of methoxy groups -OCH3 is 1. The molecule has 0 aliphatic carbocycles. The second-order valence-corrected chi connectivity index (χ2v) is 7.18. The average Bonchev–Trinajstić information content (AvgIpc) is 2.63. The van der Waals surface area contributed by atoms with E-state index in [9.17, 15) is 5.11 Å². The van der Waals surface area contributed by atoms with Gasteiger partial charge in [-0.3, -0.25) is 9.97 Å². The SMILES string of the molecule is COc1ccncc1C(C)(O)C1CCN(c2cc(Cl)cnc2C)CC1. The fourth-order valence-electron chi connectivity index (χ4n) is 3.66. The van der Waals surface area contributed by atoms with Crippen LogP contribution in [0.1, 0.15) is 31.0 Å². The number of piperidine rings is 1. The number of pyridine rings is 2. The maximum Gasteiger partial charge on any atom is 0.128 e. The highest BCUT2D eigenvalue weighted by atomic mass is 35.5. The Morgan fingerprint density at radius 3 is 2.72 bits per heavy atom. The van der Waals surface area contributed by atoms with Crippen molar-refractivity contribution < 1.29 is 9.84 Å². The van der Waals surface area contributed by atoms with Crippen molar-refractivity contribution in [3.8, 4) is 5.75 Å². The average molecular weight is 362 g/mol. The first kappa shape index (κ1) is 18.0. The lowest BCUT2D eigenvalue weighted by Crippen LogP contribution is -2.42. The van der Waals surface area contributed by atoms with Gasteiger partial charge in [-0.05, 0) is 44.7 Å². The quantitative estimate of drug-likeness (QED) is 0.902. The standard InChI is InChI=1S/C19H24ClN3O2/c1-13-17(10-15(20)11-22-13)23-8-5-14(6-9-23)19(2,24)16-12-21-7-4-18(16)25-3/h4,7,10-12,14,24H,5-6,8-9H2,1-3H3. The number of hydrogen-bond acceptors (Lipinski definition) is 5. The van der Waals surface area contributed by atoms with Crippen LogP contribution in [0.25, 0.3) is 0 Å². The minimum absolute atomic E-state index is 0.134. The lowest BCUT2D eigenvalue weighted by atomic mass is 9.77. The Bertz CT molecular complexity index is 743. The van der Waals surface area contributed by atoms with Gasteiger partial charge in [0.2, 0.25) is 0 Å². The third kappa shape index (κ3) is 3.58. The highest BCUT2D eigenvalue weighted by Crippen LogP contribution is 2.40. The van der Waals surface area contributed by atoms with Crippen molar-refractivity contribution in [1.82, 2.24) is 9.97 Å². The molecule has 25 heavy (non-hydrogen) atoms. The van der Waals surface area contributed by atoms with Gasteiger partial charge in [0.25, 0.3) is 0 Å². The highest BCUT2D eigenvalue weighted by molar-refractivity contribution is 6.30. The van der Waals surface area contributed by atoms with Gasteiger partial charge in [0, 0.05) is 37.2 Å². The lowest BCUT2D eigenvalue weighted by molar-refractivity contribution is -0.0182. The topological polar surface area (TPSA) is 58.5 Å². The Hall–Kier alpha value is -1.85. The van der Waals surface area contributed by atoms with Crippen molar-refractivity contribution in [2.24, 2.45) is 5.92 Å². The molecule has 1 atom stereocenters. The van der Waals surface area contributed by atoms with Crippen molar-refractivity contribution in [3.63, 3.8) is 0 Å². The summed E-state index contributed by atoms with van der Waals surface area (Å²) in [6.07, 6.45) is 6.80. The van der Waals surface area contributed by atoms with E-state index < -0.39 is 5.60 Å². The van der Waals surface area contributed by atoms with Gasteiger partial charge in [-0.2, -0.15) is 0 Å². The molecule has 0 bridgehead atoms. The van der Waals surface area contributed by atoms with Crippen molar-refractivity contribution >= 4 is 17.3 Å². The minimum Gasteiger partial charge on any atom is -0.496 e. The molecule has 1 N–H and O–H groups in total. The fraction of sp³-hybridized carbons (Fsp3) is 0.474. The van der Waals surface area contributed by atoms with Gasteiger partial charge in [0.15, 0.2) is 0 Å². The van der Waals surface area contributed by atoms with Crippen molar-refractivity contribution in [2.45, 2.75) is 32.3 Å². The number of aromatic nitrogens is 2. The van der Waals surface area contributed by atoms with Gasteiger partial charge >= 0.3 is 0 Å². The smallest absolute Gasteiger partial charge is 0.128 e. The number of aliphatic hydroxyl groups is 1. The molecule has 1 unspecified atom stereocenters. The van der Waals surface area contributed by atoms with Crippen molar-refractivity contribution in [2.75, 3.05) is 25.1 Å². The monoisotopic (exact) mass is 361 g/mol. The molecule has 1 aliphatic rings. The van der Waals surface area contributed by atoms with Crippen LogP contribution in [0, 0.1) is 12.8 Å². The number of ether oxygens (including phenoxy) is 1. The second kappa shape index (κ2) is 7.18. The van der Waals surface area contributed by atoms with Gasteiger partial charge in [-0.15, -0.1) is 0 Å². The Kier molecular flexibility index (Phi) is 5.16. The molecule has 3 rings (SSSR count). The van der Waals surface area contributed by atoms with Gasteiger partial charge in [-0.25, -0.2) is 0 Å². The summed E-state index contributed by atoms with van der Waals surface area (Å²) in [6.45, 7) is 5.56. The molecular formula is C19H24ClN3O2. The summed E-state index contributed by atoms with van der Waals surface area (Å²) in [5.74, 6) is 0.812. The summed E-state index contributed by atoms with van der Waals surface area (Å²) >= 11 is 6.10. The molecule has 0 radical (unpaired) electrons. The molecule has 0 saturated carbocycles. The van der Waals surface area contributed by atoms with E-state index in [1.807, 2.05) is 19.9 Å². The Morgan fingerprint density at radius 1 is 1.32 bits per heavy atom. The van der Waals surface area contributed by atoms with Gasteiger partial charge < -0.3 is 14.7 Å². The molecule has 134 valence electrons. The van der Waals surface area contributed by atoms with Crippen LogP contribution < -0.4 is 9.64 Å². The Morgan fingerprint density at radius 2 is 2.04 bits per heavy atom. The van der Waals surface area contributed by atoms with E-state index in [-0.39, 0.29) is 5.92 Å². The molecule has 1 aliphatic heterocycles. The molecule has 6 heteroatoms. The van der Waals surface area contributed by atoms with Crippen LogP contribution >= 0.6 is 11.6 Å². The van der Waals surface area contributed by atoms with Crippen LogP contribution in [0.3, 0.4) is 0 Å². The van der Waals surface area contributed by atoms with Crippen molar-refractivity contribution in [3.05, 3.63) is 47.0 Å². The van der Waals surface area contributed by atoms with E-state index in [1.54, 1.807) is 31.8 Å². The zero-order valence-corrected chi connectivity index (χ0v) is 15.6. The fourth-order valence-corrected chi connectivity index (χ4v) is 3.81. The first-order chi connectivity index (χ1) is 11.9. The van der Waals surface area contributed by atoms with Gasteiger partial charge in [-0.1, -0.05) is 11.6 Å². The summed E-state index contributed by atoms with van der Waals surface area (Å²) in [4.78, 5) is 10.8. The first-order valence-corrected chi connectivity index (χ1v) is 8.89. The van der Waals surface area contributed by atoms with E-state index in [0.717, 1.165) is 42.9 Å². The van der Waals surface area contributed by atoms with Crippen molar-refractivity contribution in [1.29, 1.82) is 0 Å². The van der Waals surface area contributed by atoms with Gasteiger partial charge in [0.05, 0.1) is 29.1 Å². The molecular weight excluding hydrogens is 338 g/mol. The number of hydrogen-bond donors (Lipinski definition) is 1. The van der Waals surface area contributed by atoms with Crippen LogP contribution in [-0.4, -0.2) is 35.3 Å². The highest BCUT2D eigenvalue weighted by Gasteiger charge is 2.38. The Balaban J connectivity index is 1.76. The zero-order chi connectivity index (χ0) is 18.0. The van der Waals surface area contributed by atoms with E-state index in [1.165, 1.54) is 0 Å². The maximum atomic E-state index is 11.2. The zero-order valence-electron chi connectivity index (χ0n) is 14.9. The minimum atomic E-state index is -0.979. The van der Waals surface area contributed by atoms with Crippen LogP contribution in [0.15, 0.2) is 30.7 Å². The summed E-state index contributed by atoms with van der Waals surface area (Å²) in [7, 11) is 1.62. The largest absolute Gasteiger partial charge is 0.496 e. The molecule has 1 fully saturated rings. The molecule has 0 spiro atoms. The summed E-state index contributed by atoms with van der Waals surface area (Å²) in [5.41, 5.74) is 1.82. The normalized spacial score (nSPS) is 18.0. The molecule has 5 nitrogen and oxygen atoms in total. The Labute approximate surface area is 153 Å².